The van der Waals surface area contributed by atoms with Crippen LogP contribution in [0.15, 0.2) is 24.8 Å². The number of methoxy groups -OCH3 is 1. The second-order valence-corrected chi connectivity index (χ2v) is 10.2. The maximum Gasteiger partial charge on any atom is 0.416 e. The van der Waals surface area contributed by atoms with Gasteiger partial charge in [-0.15, -0.1) is 0 Å². The van der Waals surface area contributed by atoms with Gasteiger partial charge in [-0.1, -0.05) is 12.7 Å². The number of anilines is 1. The summed E-state index contributed by atoms with van der Waals surface area (Å²) < 4.78 is 29.5. The van der Waals surface area contributed by atoms with Gasteiger partial charge in [-0.05, 0) is 63.9 Å². The molecule has 3 aliphatic heterocycles. The number of benzene rings is 1. The topological polar surface area (TPSA) is 124 Å². The number of unbranched alkanes of at least 4 members (excludes halogenated alkanes) is 2. The largest absolute Gasteiger partial charge is 0.493 e. The summed E-state index contributed by atoms with van der Waals surface area (Å²) in [7, 11) is 1.49. The molecule has 3 aliphatic rings. The Morgan fingerprint density at radius 3 is 2.67 bits per heavy atom. The molecule has 40 heavy (non-hydrogen) atoms. The lowest BCUT2D eigenvalue weighted by Crippen LogP contribution is -2.57. The number of hydrogen-bond acceptors (Lipinski definition) is 8. The van der Waals surface area contributed by atoms with Gasteiger partial charge in [-0.25, -0.2) is 9.69 Å². The molecule has 0 bridgehead atoms. The minimum atomic E-state index is -0.830. The Morgan fingerprint density at radius 1 is 1.12 bits per heavy atom. The molecule has 4 rings (SSSR count). The Hall–Kier alpha value is -3.31. The summed E-state index contributed by atoms with van der Waals surface area (Å²) >= 11 is 0. The van der Waals surface area contributed by atoms with Crippen LogP contribution in [0.3, 0.4) is 0 Å². The van der Waals surface area contributed by atoms with Gasteiger partial charge in [0.25, 0.3) is 5.91 Å². The smallest absolute Gasteiger partial charge is 0.416 e. The third-order valence-electron chi connectivity index (χ3n) is 7.41. The van der Waals surface area contributed by atoms with Crippen molar-refractivity contribution >= 4 is 23.7 Å². The molecule has 0 aliphatic carbocycles. The van der Waals surface area contributed by atoms with E-state index in [2.05, 4.69) is 6.58 Å². The van der Waals surface area contributed by atoms with Crippen molar-refractivity contribution in [1.29, 1.82) is 0 Å². The van der Waals surface area contributed by atoms with Crippen molar-refractivity contribution in [1.82, 2.24) is 4.90 Å². The van der Waals surface area contributed by atoms with E-state index in [9.17, 15) is 14.4 Å². The van der Waals surface area contributed by atoms with Crippen LogP contribution in [0.4, 0.5) is 10.5 Å². The van der Waals surface area contributed by atoms with Gasteiger partial charge >= 0.3 is 12.1 Å². The fraction of sp³-hybridized carbons (Fsp3) is 0.621. The van der Waals surface area contributed by atoms with Crippen molar-refractivity contribution in [3.63, 3.8) is 0 Å². The molecule has 0 saturated carbocycles. The van der Waals surface area contributed by atoms with E-state index < -0.39 is 24.6 Å². The normalized spacial score (nSPS) is 22.5. The zero-order chi connectivity index (χ0) is 28.5. The average Bonchev–Trinajstić information content (AvgIpc) is 3.06. The molecular weight excluding hydrogens is 520 g/mol. The highest BCUT2D eigenvalue weighted by atomic mass is 16.7. The quantitative estimate of drug-likeness (QED) is 0.285. The highest BCUT2D eigenvalue weighted by molar-refractivity contribution is 6.06. The summed E-state index contributed by atoms with van der Waals surface area (Å²) in [6.07, 6.45) is 6.48. The van der Waals surface area contributed by atoms with Gasteiger partial charge in [0.15, 0.2) is 24.0 Å². The molecule has 220 valence electrons. The zero-order valence-electron chi connectivity index (χ0n) is 23.2. The van der Waals surface area contributed by atoms with Gasteiger partial charge < -0.3 is 33.7 Å². The molecule has 3 heterocycles. The van der Waals surface area contributed by atoms with Crippen LogP contribution in [0.1, 0.15) is 74.6 Å². The summed E-state index contributed by atoms with van der Waals surface area (Å²) in [5.41, 5.74) is 0.611. The van der Waals surface area contributed by atoms with Gasteiger partial charge in [0, 0.05) is 25.6 Å². The molecule has 2 saturated heterocycles. The third-order valence-corrected chi connectivity index (χ3v) is 7.41. The first-order valence-electron chi connectivity index (χ1n) is 14.2. The van der Waals surface area contributed by atoms with E-state index in [1.165, 1.54) is 18.1 Å². The zero-order valence-corrected chi connectivity index (χ0v) is 23.2. The number of carbonyl (C=O) groups is 3. The number of hydrogen-bond donors (Lipinski definition) is 1. The third kappa shape index (κ3) is 7.06. The van der Waals surface area contributed by atoms with Crippen LogP contribution in [0.5, 0.6) is 11.5 Å². The number of amides is 2. The van der Waals surface area contributed by atoms with Crippen molar-refractivity contribution in [2.75, 3.05) is 38.4 Å². The summed E-state index contributed by atoms with van der Waals surface area (Å²) in [4.78, 5) is 41.6. The van der Waals surface area contributed by atoms with Crippen LogP contribution in [-0.2, 0) is 19.0 Å². The number of carboxylic acid groups (broad SMARTS) is 1. The molecule has 0 aromatic heterocycles. The molecule has 0 spiro atoms. The van der Waals surface area contributed by atoms with E-state index in [4.69, 9.17) is 28.8 Å². The first-order chi connectivity index (χ1) is 19.4. The van der Waals surface area contributed by atoms with Crippen molar-refractivity contribution in [2.45, 2.75) is 82.8 Å². The van der Waals surface area contributed by atoms with Crippen molar-refractivity contribution in [2.24, 2.45) is 0 Å². The Labute approximate surface area is 234 Å². The molecule has 1 aromatic rings. The maximum atomic E-state index is 14.0. The predicted octanol–water partition coefficient (Wildman–Crippen LogP) is 4.73. The highest BCUT2D eigenvalue weighted by Crippen LogP contribution is 2.42. The lowest BCUT2D eigenvalue weighted by Gasteiger charge is -2.42. The van der Waals surface area contributed by atoms with Crippen LogP contribution in [-0.4, -0.2) is 80.0 Å². The molecule has 2 fully saturated rings. The lowest BCUT2D eigenvalue weighted by molar-refractivity contribution is -0.198. The van der Waals surface area contributed by atoms with Gasteiger partial charge in [-0.2, -0.15) is 0 Å². The van der Waals surface area contributed by atoms with Gasteiger partial charge in [-0.3, -0.25) is 9.59 Å². The van der Waals surface area contributed by atoms with Crippen LogP contribution in [0, 0.1) is 0 Å². The Morgan fingerprint density at radius 2 is 1.95 bits per heavy atom. The van der Waals surface area contributed by atoms with Crippen LogP contribution in [0.2, 0.25) is 0 Å². The van der Waals surface area contributed by atoms with Crippen molar-refractivity contribution < 1.29 is 43.2 Å². The van der Waals surface area contributed by atoms with E-state index in [-0.39, 0.29) is 25.0 Å². The monoisotopic (exact) mass is 560 g/mol. The standard InChI is InChI=1S/C29H40N2O9/c1-3-15-39-29(35)31-22-19-24(37-16-9-4-5-12-25(32)33)23(36-2)18-20(22)27(34)30-14-8-6-11-21(30)28(31)40-26-13-7-10-17-38-26/h3,18-19,21,26,28H,1,4-17H2,2H3,(H,32,33). The Bertz CT molecular complexity index is 1060. The number of piperidine rings is 1. The maximum absolute atomic E-state index is 14.0. The molecule has 1 aromatic carbocycles. The van der Waals surface area contributed by atoms with Crippen LogP contribution in [0.25, 0.3) is 0 Å². The minimum absolute atomic E-state index is 0.00447. The summed E-state index contributed by atoms with van der Waals surface area (Å²) in [6.45, 7) is 5.08. The fourth-order valence-corrected chi connectivity index (χ4v) is 5.43. The van der Waals surface area contributed by atoms with Gasteiger partial charge in [0.2, 0.25) is 0 Å². The molecule has 11 nitrogen and oxygen atoms in total. The van der Waals surface area contributed by atoms with E-state index in [0.717, 1.165) is 25.7 Å². The summed E-state index contributed by atoms with van der Waals surface area (Å²) in [5, 5.41) is 8.85. The molecule has 1 N–H and O–H groups in total. The first kappa shape index (κ1) is 29.7. The average molecular weight is 561 g/mol. The van der Waals surface area contributed by atoms with Crippen LogP contribution >= 0.6 is 0 Å². The SMILES string of the molecule is C=CCOC(=O)N1c2cc(OCCCCCC(=O)O)c(OC)cc2C(=O)N2CCCCC2C1OC1CCCCO1. The lowest BCUT2D eigenvalue weighted by atomic mass is 10.00. The number of aliphatic carboxylic acids is 1. The van der Waals surface area contributed by atoms with E-state index >= 15 is 0 Å². The molecular formula is C29H40N2O9. The molecule has 3 atom stereocenters. The molecule has 11 heteroatoms. The van der Waals surface area contributed by atoms with E-state index in [1.54, 1.807) is 17.0 Å². The van der Waals surface area contributed by atoms with E-state index in [0.29, 0.717) is 74.6 Å². The number of rotatable bonds is 12. The Kier molecular flexibility index (Phi) is 10.7. The number of carbonyl (C=O) groups excluding carboxylic acids is 2. The van der Waals surface area contributed by atoms with Gasteiger partial charge in [0.05, 0.1) is 31.0 Å². The predicted molar refractivity (Wildman–Crippen MR) is 146 cm³/mol. The molecule has 2 amide bonds. The Balaban J connectivity index is 1.71. The molecule has 0 radical (unpaired) electrons. The first-order valence-corrected chi connectivity index (χ1v) is 14.2. The number of nitrogens with zero attached hydrogens (tertiary/aromatic N) is 2. The van der Waals surface area contributed by atoms with E-state index in [1.807, 2.05) is 0 Å². The fourth-order valence-electron chi connectivity index (χ4n) is 5.43. The second-order valence-electron chi connectivity index (χ2n) is 10.2. The summed E-state index contributed by atoms with van der Waals surface area (Å²) in [6, 6.07) is 2.85. The molecule has 3 unspecified atom stereocenters. The van der Waals surface area contributed by atoms with Crippen molar-refractivity contribution in [3.8, 4) is 11.5 Å². The minimum Gasteiger partial charge on any atom is -0.493 e. The van der Waals surface area contributed by atoms with Crippen molar-refractivity contribution in [3.05, 3.63) is 30.4 Å². The van der Waals surface area contributed by atoms with Gasteiger partial charge in [0.1, 0.15) is 6.61 Å². The second kappa shape index (κ2) is 14.4. The summed E-state index contributed by atoms with van der Waals surface area (Å²) in [5.74, 6) is -0.314. The number of ether oxygens (including phenoxy) is 5. The number of carboxylic acids is 1. The number of fused-ring (bicyclic) bond motifs is 2. The highest BCUT2D eigenvalue weighted by Gasteiger charge is 2.46. The van der Waals surface area contributed by atoms with Crippen LogP contribution < -0.4 is 14.4 Å².